The van der Waals surface area contributed by atoms with Crippen LogP contribution in [-0.4, -0.2) is 4.98 Å². The molecule has 0 unspecified atom stereocenters. The fraction of sp³-hybridized carbons (Fsp3) is 0.444. The number of pyridine rings is 1. The number of aromatic nitrogens is 1. The molecule has 0 radical (unpaired) electrons. The van der Waals surface area contributed by atoms with Gasteiger partial charge in [-0.2, -0.15) is 0 Å². The molecule has 0 aliphatic carbocycles. The molecule has 0 saturated heterocycles. The Bertz CT molecular complexity index is 346. The predicted octanol–water partition coefficient (Wildman–Crippen LogP) is 1.17. The molecule has 4 heteroatoms. The molecule has 1 aromatic rings. The van der Waals surface area contributed by atoms with Crippen molar-refractivity contribution in [3.8, 4) is 0 Å². The highest BCUT2D eigenvalue weighted by Crippen LogP contribution is 2.15. The quantitative estimate of drug-likeness (QED) is 0.724. The van der Waals surface area contributed by atoms with Crippen LogP contribution in [0.25, 0.3) is 0 Å². The summed E-state index contributed by atoms with van der Waals surface area (Å²) in [5.74, 6) is -0.353. The zero-order chi connectivity index (χ0) is 10.0. The van der Waals surface area contributed by atoms with Gasteiger partial charge in [0.1, 0.15) is 5.82 Å². The van der Waals surface area contributed by atoms with Crippen molar-refractivity contribution in [1.82, 2.24) is 4.98 Å². The third kappa shape index (κ3) is 2.15. The van der Waals surface area contributed by atoms with Gasteiger partial charge in [0.15, 0.2) is 0 Å². The third-order valence-electron chi connectivity index (χ3n) is 1.97. The number of aromatic amines is 1. The highest BCUT2D eigenvalue weighted by Gasteiger charge is 2.14. The number of halogens is 1. The Balaban J connectivity index is 3.13. The van der Waals surface area contributed by atoms with E-state index in [2.05, 4.69) is 4.98 Å². The van der Waals surface area contributed by atoms with Gasteiger partial charge in [-0.15, -0.1) is 0 Å². The molecule has 3 nitrogen and oxygen atoms in total. The molecule has 72 valence electrons. The Hall–Kier alpha value is -1.16. The number of nitrogens with two attached hydrogens (primary N) is 1. The fourth-order valence-corrected chi connectivity index (χ4v) is 1.08. The van der Waals surface area contributed by atoms with E-state index in [4.69, 9.17) is 5.73 Å². The summed E-state index contributed by atoms with van der Waals surface area (Å²) < 4.78 is 12.7. The van der Waals surface area contributed by atoms with Crippen molar-refractivity contribution < 1.29 is 4.39 Å². The first-order chi connectivity index (χ1) is 6.02. The van der Waals surface area contributed by atoms with E-state index in [0.29, 0.717) is 5.56 Å². The molecule has 0 saturated carbocycles. The average molecular weight is 184 g/mol. The summed E-state index contributed by atoms with van der Waals surface area (Å²) >= 11 is 0. The molecule has 1 heterocycles. The average Bonchev–Trinajstić information content (AvgIpc) is 2.08. The normalized spacial score (nSPS) is 13.3. The largest absolute Gasteiger partial charge is 0.326 e. The molecule has 13 heavy (non-hydrogen) atoms. The highest BCUT2D eigenvalue weighted by atomic mass is 19.1. The Labute approximate surface area is 75.8 Å². The van der Waals surface area contributed by atoms with Gasteiger partial charge in [-0.3, -0.25) is 4.79 Å². The monoisotopic (exact) mass is 184 g/mol. The molecule has 0 aliphatic rings. The van der Waals surface area contributed by atoms with Gasteiger partial charge in [0, 0.05) is 17.8 Å². The summed E-state index contributed by atoms with van der Waals surface area (Å²) in [6.45, 7) is 3.77. The molecule has 3 N–H and O–H groups in total. The van der Waals surface area contributed by atoms with Crippen LogP contribution < -0.4 is 11.3 Å². The standard InChI is InChI=1S/C9H13FN2O/c1-5(2)8(11)7-3-6(10)4-12-9(7)13/h3-5,8H,11H2,1-2H3,(H,12,13)/t8-/m1/s1. The van der Waals surface area contributed by atoms with Crippen LogP contribution >= 0.6 is 0 Å². The van der Waals surface area contributed by atoms with Gasteiger partial charge in [0.05, 0.1) is 0 Å². The highest BCUT2D eigenvalue weighted by molar-refractivity contribution is 5.15. The second kappa shape index (κ2) is 3.70. The second-order valence-corrected chi connectivity index (χ2v) is 3.37. The molecule has 1 rings (SSSR count). The minimum atomic E-state index is -0.467. The van der Waals surface area contributed by atoms with Crippen molar-refractivity contribution in [2.45, 2.75) is 19.9 Å². The van der Waals surface area contributed by atoms with E-state index >= 15 is 0 Å². The van der Waals surface area contributed by atoms with Crippen LogP contribution in [0.5, 0.6) is 0 Å². The van der Waals surface area contributed by atoms with E-state index in [1.807, 2.05) is 13.8 Å². The second-order valence-electron chi connectivity index (χ2n) is 3.37. The van der Waals surface area contributed by atoms with Gasteiger partial charge in [-0.1, -0.05) is 13.8 Å². The van der Waals surface area contributed by atoms with E-state index in [1.165, 1.54) is 6.07 Å². The number of nitrogens with one attached hydrogen (secondary N) is 1. The molecule has 0 fully saturated rings. The summed E-state index contributed by atoms with van der Waals surface area (Å²) in [5.41, 5.74) is 5.70. The molecule has 0 spiro atoms. The van der Waals surface area contributed by atoms with Crippen LogP contribution in [0, 0.1) is 11.7 Å². The van der Waals surface area contributed by atoms with Crippen LogP contribution in [0.3, 0.4) is 0 Å². The molecule has 0 aliphatic heterocycles. The van der Waals surface area contributed by atoms with Crippen LogP contribution in [-0.2, 0) is 0 Å². The Morgan fingerprint density at radius 1 is 1.54 bits per heavy atom. The molecule has 1 aromatic heterocycles. The van der Waals surface area contributed by atoms with Crippen LogP contribution in [0.1, 0.15) is 25.5 Å². The molecule has 0 aromatic carbocycles. The first kappa shape index (κ1) is 9.92. The van der Waals surface area contributed by atoms with Gasteiger partial charge in [-0.25, -0.2) is 4.39 Å². The molecule has 0 amide bonds. The topological polar surface area (TPSA) is 58.9 Å². The van der Waals surface area contributed by atoms with Gasteiger partial charge in [0.25, 0.3) is 5.56 Å². The minimum Gasteiger partial charge on any atom is -0.326 e. The van der Waals surface area contributed by atoms with Crippen molar-refractivity contribution in [2.75, 3.05) is 0 Å². The zero-order valence-corrected chi connectivity index (χ0v) is 7.67. The summed E-state index contributed by atoms with van der Waals surface area (Å²) in [6.07, 6.45) is 1.03. The SMILES string of the molecule is CC(C)[C@@H](N)c1cc(F)c[nH]c1=O. The minimum absolute atomic E-state index is 0.114. The number of hydrogen-bond donors (Lipinski definition) is 2. The van der Waals surface area contributed by atoms with Crippen LogP contribution in [0.2, 0.25) is 0 Å². The van der Waals surface area contributed by atoms with E-state index in [1.54, 1.807) is 0 Å². The smallest absolute Gasteiger partial charge is 0.252 e. The van der Waals surface area contributed by atoms with Crippen LogP contribution in [0.15, 0.2) is 17.1 Å². The lowest BCUT2D eigenvalue weighted by Gasteiger charge is -2.14. The number of hydrogen-bond acceptors (Lipinski definition) is 2. The van der Waals surface area contributed by atoms with Crippen molar-refractivity contribution in [2.24, 2.45) is 11.7 Å². The molecule has 0 bridgehead atoms. The lowest BCUT2D eigenvalue weighted by molar-refractivity contribution is 0.504. The maximum Gasteiger partial charge on any atom is 0.252 e. The Morgan fingerprint density at radius 2 is 2.15 bits per heavy atom. The fourth-order valence-electron chi connectivity index (χ4n) is 1.08. The first-order valence-electron chi connectivity index (χ1n) is 4.16. The maximum atomic E-state index is 12.7. The predicted molar refractivity (Wildman–Crippen MR) is 48.8 cm³/mol. The molecular weight excluding hydrogens is 171 g/mol. The number of rotatable bonds is 2. The van der Waals surface area contributed by atoms with Crippen molar-refractivity contribution >= 4 is 0 Å². The van der Waals surface area contributed by atoms with E-state index in [9.17, 15) is 9.18 Å². The number of H-pyrrole nitrogens is 1. The van der Waals surface area contributed by atoms with E-state index < -0.39 is 11.9 Å². The first-order valence-corrected chi connectivity index (χ1v) is 4.16. The molecule has 1 atom stereocenters. The van der Waals surface area contributed by atoms with Gasteiger partial charge >= 0.3 is 0 Å². The van der Waals surface area contributed by atoms with Gasteiger partial charge in [0.2, 0.25) is 0 Å². The zero-order valence-electron chi connectivity index (χ0n) is 7.67. The summed E-state index contributed by atoms with van der Waals surface area (Å²) in [7, 11) is 0. The Morgan fingerprint density at radius 3 is 2.69 bits per heavy atom. The van der Waals surface area contributed by atoms with Crippen molar-refractivity contribution in [1.29, 1.82) is 0 Å². The summed E-state index contributed by atoms with van der Waals surface area (Å²) in [6, 6.07) is 0.767. The van der Waals surface area contributed by atoms with Gasteiger partial charge < -0.3 is 10.7 Å². The van der Waals surface area contributed by atoms with E-state index in [0.717, 1.165) is 6.20 Å². The third-order valence-corrected chi connectivity index (χ3v) is 1.97. The molecular formula is C9H13FN2O. The van der Waals surface area contributed by atoms with Crippen molar-refractivity contribution in [3.05, 3.63) is 34.0 Å². The summed E-state index contributed by atoms with van der Waals surface area (Å²) in [5, 5.41) is 0. The maximum absolute atomic E-state index is 12.7. The summed E-state index contributed by atoms with van der Waals surface area (Å²) in [4.78, 5) is 13.5. The lowest BCUT2D eigenvalue weighted by atomic mass is 9.98. The van der Waals surface area contributed by atoms with E-state index in [-0.39, 0.29) is 11.5 Å². The van der Waals surface area contributed by atoms with Crippen LogP contribution in [0.4, 0.5) is 4.39 Å². The lowest BCUT2D eigenvalue weighted by Crippen LogP contribution is -2.25. The van der Waals surface area contributed by atoms with Crippen molar-refractivity contribution in [3.63, 3.8) is 0 Å². The Kier molecular flexibility index (Phi) is 2.83. The van der Waals surface area contributed by atoms with Gasteiger partial charge in [-0.05, 0) is 12.0 Å².